The molecule has 0 saturated heterocycles. The van der Waals surface area contributed by atoms with Crippen molar-refractivity contribution in [1.29, 1.82) is 0 Å². The Hall–Kier alpha value is -1.75. The van der Waals surface area contributed by atoms with Crippen LogP contribution in [0.4, 0.5) is 0 Å². The van der Waals surface area contributed by atoms with Gasteiger partial charge in [-0.3, -0.25) is 4.99 Å². The minimum atomic E-state index is 0.694. The molecule has 0 radical (unpaired) electrons. The molecule has 0 bridgehead atoms. The van der Waals surface area contributed by atoms with Gasteiger partial charge in [-0.2, -0.15) is 0 Å². The van der Waals surface area contributed by atoms with Crippen molar-refractivity contribution in [3.05, 3.63) is 30.3 Å². The van der Waals surface area contributed by atoms with Crippen molar-refractivity contribution in [1.82, 2.24) is 10.6 Å². The average molecular weight is 321 g/mol. The van der Waals surface area contributed by atoms with Gasteiger partial charge in [0.2, 0.25) is 0 Å². The zero-order valence-electron chi connectivity index (χ0n) is 14.5. The molecule has 5 heteroatoms. The summed E-state index contributed by atoms with van der Waals surface area (Å²) in [6.45, 7) is 6.23. The van der Waals surface area contributed by atoms with Crippen LogP contribution in [0.3, 0.4) is 0 Å². The topological polar surface area (TPSA) is 54.9 Å². The van der Waals surface area contributed by atoms with E-state index in [0.717, 1.165) is 57.3 Å². The lowest BCUT2D eigenvalue weighted by atomic mass is 10.3. The Bertz CT molecular complexity index is 410. The van der Waals surface area contributed by atoms with E-state index in [9.17, 15) is 0 Å². The fraction of sp³-hybridized carbons (Fsp3) is 0.611. The highest BCUT2D eigenvalue weighted by molar-refractivity contribution is 5.79. The highest BCUT2D eigenvalue weighted by Crippen LogP contribution is 2.07. The molecule has 0 heterocycles. The summed E-state index contributed by atoms with van der Waals surface area (Å²) in [5.74, 6) is 1.75. The van der Waals surface area contributed by atoms with Crippen LogP contribution >= 0.6 is 0 Å². The van der Waals surface area contributed by atoms with Crippen molar-refractivity contribution in [2.75, 3.05) is 40.0 Å². The van der Waals surface area contributed by atoms with Gasteiger partial charge in [0.1, 0.15) is 5.75 Å². The van der Waals surface area contributed by atoms with Crippen molar-refractivity contribution >= 4 is 5.96 Å². The van der Waals surface area contributed by atoms with Gasteiger partial charge >= 0.3 is 0 Å². The fourth-order valence-corrected chi connectivity index (χ4v) is 1.94. The van der Waals surface area contributed by atoms with Gasteiger partial charge in [0.25, 0.3) is 0 Å². The molecular weight excluding hydrogens is 290 g/mol. The van der Waals surface area contributed by atoms with Crippen LogP contribution in [-0.4, -0.2) is 45.9 Å². The van der Waals surface area contributed by atoms with Gasteiger partial charge in [0.05, 0.1) is 6.61 Å². The Balaban J connectivity index is 1.97. The molecule has 0 saturated carbocycles. The Morgan fingerprint density at radius 2 is 1.61 bits per heavy atom. The van der Waals surface area contributed by atoms with Gasteiger partial charge in [-0.25, -0.2) is 0 Å². The number of para-hydroxylation sites is 1. The van der Waals surface area contributed by atoms with E-state index >= 15 is 0 Å². The number of unbranched alkanes of at least 4 members (excludes halogenated alkanes) is 1. The van der Waals surface area contributed by atoms with E-state index in [0.29, 0.717) is 6.61 Å². The van der Waals surface area contributed by atoms with Crippen molar-refractivity contribution in [2.24, 2.45) is 4.99 Å². The van der Waals surface area contributed by atoms with Crippen LogP contribution in [0, 0.1) is 0 Å². The Morgan fingerprint density at radius 1 is 0.957 bits per heavy atom. The van der Waals surface area contributed by atoms with Gasteiger partial charge < -0.3 is 20.1 Å². The SMILES string of the molecule is CCCCOCCCNC(=NC)NCCCOc1ccccc1. The number of hydrogen-bond acceptors (Lipinski definition) is 3. The van der Waals surface area contributed by atoms with Gasteiger partial charge in [0.15, 0.2) is 5.96 Å². The summed E-state index contributed by atoms with van der Waals surface area (Å²) in [4.78, 5) is 4.20. The number of aliphatic imine (C=N–C) groups is 1. The average Bonchev–Trinajstić information content (AvgIpc) is 2.59. The number of benzene rings is 1. The molecule has 0 aromatic heterocycles. The summed E-state index contributed by atoms with van der Waals surface area (Å²) >= 11 is 0. The number of guanidine groups is 1. The molecular formula is C18H31N3O2. The van der Waals surface area contributed by atoms with Crippen LogP contribution in [0.1, 0.15) is 32.6 Å². The third-order valence-electron chi connectivity index (χ3n) is 3.25. The number of nitrogens with zero attached hydrogens (tertiary/aromatic N) is 1. The van der Waals surface area contributed by atoms with Crippen LogP contribution in [0.2, 0.25) is 0 Å². The predicted octanol–water partition coefficient (Wildman–Crippen LogP) is 2.83. The van der Waals surface area contributed by atoms with Crippen molar-refractivity contribution in [3.8, 4) is 5.75 Å². The van der Waals surface area contributed by atoms with E-state index in [4.69, 9.17) is 9.47 Å². The second kappa shape index (κ2) is 13.9. The second-order valence-corrected chi connectivity index (χ2v) is 5.26. The first-order valence-electron chi connectivity index (χ1n) is 8.57. The van der Waals surface area contributed by atoms with E-state index in [1.807, 2.05) is 30.3 Å². The predicted molar refractivity (Wildman–Crippen MR) is 96.3 cm³/mol. The van der Waals surface area contributed by atoms with Crippen LogP contribution in [0.15, 0.2) is 35.3 Å². The number of ether oxygens (including phenoxy) is 2. The number of rotatable bonds is 12. The van der Waals surface area contributed by atoms with Crippen molar-refractivity contribution in [2.45, 2.75) is 32.6 Å². The highest BCUT2D eigenvalue weighted by Gasteiger charge is 1.97. The normalized spacial score (nSPS) is 11.3. The maximum atomic E-state index is 5.65. The molecule has 0 aliphatic rings. The maximum Gasteiger partial charge on any atom is 0.190 e. The molecule has 0 aliphatic heterocycles. The van der Waals surface area contributed by atoms with Gasteiger partial charge in [-0.1, -0.05) is 31.5 Å². The zero-order valence-corrected chi connectivity index (χ0v) is 14.5. The monoisotopic (exact) mass is 321 g/mol. The van der Waals surface area contributed by atoms with Crippen LogP contribution in [0.25, 0.3) is 0 Å². The van der Waals surface area contributed by atoms with Crippen LogP contribution in [0.5, 0.6) is 5.75 Å². The Kier molecular flexibility index (Phi) is 11.6. The molecule has 0 atom stereocenters. The summed E-state index contributed by atoms with van der Waals surface area (Å²) in [6.07, 6.45) is 4.24. The summed E-state index contributed by atoms with van der Waals surface area (Å²) in [7, 11) is 1.79. The molecule has 23 heavy (non-hydrogen) atoms. The zero-order chi connectivity index (χ0) is 16.6. The van der Waals surface area contributed by atoms with E-state index in [-0.39, 0.29) is 0 Å². The first-order chi connectivity index (χ1) is 11.4. The van der Waals surface area contributed by atoms with Gasteiger partial charge in [-0.05, 0) is 31.4 Å². The molecule has 1 rings (SSSR count). The molecule has 2 N–H and O–H groups in total. The lowest BCUT2D eigenvalue weighted by Gasteiger charge is -2.12. The summed E-state index contributed by atoms with van der Waals surface area (Å²) in [5.41, 5.74) is 0. The van der Waals surface area contributed by atoms with Gasteiger partial charge in [-0.15, -0.1) is 0 Å². The molecule has 0 aliphatic carbocycles. The highest BCUT2D eigenvalue weighted by atomic mass is 16.5. The molecule has 0 unspecified atom stereocenters. The minimum Gasteiger partial charge on any atom is -0.494 e. The molecule has 130 valence electrons. The minimum absolute atomic E-state index is 0.694. The summed E-state index contributed by atoms with van der Waals surface area (Å²) in [5, 5.41) is 6.57. The Morgan fingerprint density at radius 3 is 2.26 bits per heavy atom. The molecule has 1 aromatic rings. The quantitative estimate of drug-likeness (QED) is 0.353. The van der Waals surface area contributed by atoms with Crippen LogP contribution in [-0.2, 0) is 4.74 Å². The first-order valence-corrected chi connectivity index (χ1v) is 8.57. The largest absolute Gasteiger partial charge is 0.494 e. The summed E-state index contributed by atoms with van der Waals surface area (Å²) < 4.78 is 11.2. The standard InChI is InChI=1S/C18H31N3O2/c1-3-4-14-22-15-8-12-20-18(19-2)21-13-9-16-23-17-10-6-5-7-11-17/h5-7,10-11H,3-4,8-9,12-16H2,1-2H3,(H2,19,20,21). The molecule has 0 spiro atoms. The summed E-state index contributed by atoms with van der Waals surface area (Å²) in [6, 6.07) is 9.88. The van der Waals surface area contributed by atoms with Crippen LogP contribution < -0.4 is 15.4 Å². The number of hydrogen-bond donors (Lipinski definition) is 2. The first kappa shape index (κ1) is 19.3. The lowest BCUT2D eigenvalue weighted by molar-refractivity contribution is 0.129. The maximum absolute atomic E-state index is 5.65. The smallest absolute Gasteiger partial charge is 0.190 e. The van der Waals surface area contributed by atoms with E-state index in [1.165, 1.54) is 6.42 Å². The molecule has 0 amide bonds. The third-order valence-corrected chi connectivity index (χ3v) is 3.25. The molecule has 1 aromatic carbocycles. The Labute approximate surface area is 140 Å². The molecule has 0 fully saturated rings. The second-order valence-electron chi connectivity index (χ2n) is 5.26. The van der Waals surface area contributed by atoms with E-state index < -0.39 is 0 Å². The van der Waals surface area contributed by atoms with E-state index in [2.05, 4.69) is 22.5 Å². The molecule has 5 nitrogen and oxygen atoms in total. The van der Waals surface area contributed by atoms with Crippen molar-refractivity contribution < 1.29 is 9.47 Å². The fourth-order valence-electron chi connectivity index (χ4n) is 1.94. The number of nitrogens with one attached hydrogen (secondary N) is 2. The van der Waals surface area contributed by atoms with Crippen molar-refractivity contribution in [3.63, 3.8) is 0 Å². The van der Waals surface area contributed by atoms with E-state index in [1.54, 1.807) is 7.05 Å². The van der Waals surface area contributed by atoms with Gasteiger partial charge in [0, 0.05) is 33.4 Å². The lowest BCUT2D eigenvalue weighted by Crippen LogP contribution is -2.38. The third kappa shape index (κ3) is 10.6.